The molecule has 20 heavy (non-hydrogen) atoms. The van der Waals surface area contributed by atoms with E-state index in [1.54, 1.807) is 18.2 Å². The summed E-state index contributed by atoms with van der Waals surface area (Å²) in [5.74, 6) is -2.21. The Kier molecular flexibility index (Phi) is 5.51. The molecule has 0 saturated carbocycles. The second-order valence-electron chi connectivity index (χ2n) is 3.81. The molecule has 110 valence electrons. The average molecular weight is 291 g/mol. The third kappa shape index (κ3) is 5.70. The fourth-order valence-corrected chi connectivity index (χ4v) is 1.24. The van der Waals surface area contributed by atoms with Gasteiger partial charge in [-0.15, -0.1) is 0 Å². The van der Waals surface area contributed by atoms with Gasteiger partial charge in [-0.1, -0.05) is 30.3 Å². The number of halogens is 3. The van der Waals surface area contributed by atoms with E-state index in [2.05, 4.69) is 4.74 Å². The first-order valence-corrected chi connectivity index (χ1v) is 5.52. The molecule has 2 N–H and O–H groups in total. The lowest BCUT2D eigenvalue weighted by molar-refractivity contribution is -0.158. The Hall–Kier alpha value is -2.09. The highest BCUT2D eigenvalue weighted by Crippen LogP contribution is 2.14. The van der Waals surface area contributed by atoms with Crippen LogP contribution in [0.3, 0.4) is 0 Å². The summed E-state index contributed by atoms with van der Waals surface area (Å²) >= 11 is 0. The molecule has 1 rings (SSSR count). The van der Waals surface area contributed by atoms with Crippen LogP contribution in [0.15, 0.2) is 30.3 Å². The highest BCUT2D eigenvalue weighted by Gasteiger charge is 2.28. The van der Waals surface area contributed by atoms with Gasteiger partial charge in [0.15, 0.2) is 12.7 Å². The topological polar surface area (TPSA) is 75.6 Å². The molecule has 0 saturated heterocycles. The lowest BCUT2D eigenvalue weighted by Gasteiger charge is -2.11. The van der Waals surface area contributed by atoms with Crippen LogP contribution in [0.5, 0.6) is 0 Å². The molecule has 0 heterocycles. The highest BCUT2D eigenvalue weighted by atomic mass is 19.4. The number of alkyl halides is 3. The number of hydrogen-bond donors (Lipinski definition) is 2. The minimum absolute atomic E-state index is 0.258. The van der Waals surface area contributed by atoms with Gasteiger partial charge in [0.2, 0.25) is 0 Å². The summed E-state index contributed by atoms with van der Waals surface area (Å²) in [6, 6.07) is 7.78. The number of nitrogens with one attached hydrogen (secondary N) is 1. The Bertz CT molecular complexity index is 462. The number of esters is 1. The maximum atomic E-state index is 11.8. The molecule has 1 atom stereocenters. The van der Waals surface area contributed by atoms with Crippen molar-refractivity contribution in [3.8, 4) is 0 Å². The molecule has 0 fully saturated rings. The van der Waals surface area contributed by atoms with Gasteiger partial charge in [0.1, 0.15) is 6.54 Å². The maximum Gasteiger partial charge on any atom is 0.405 e. The molecular formula is C12H12F3NO4. The standard InChI is InChI=1S/C12H12F3NO4/c13-12(14,15)7-16-9(17)6-20-11(19)10(18)8-4-2-1-3-5-8/h1-5,10,18H,6-7H2,(H,16,17)/t10-/m1/s1. The van der Waals surface area contributed by atoms with Crippen LogP contribution in [0, 0.1) is 0 Å². The van der Waals surface area contributed by atoms with Gasteiger partial charge in [0.25, 0.3) is 5.91 Å². The lowest BCUT2D eigenvalue weighted by atomic mass is 10.1. The summed E-state index contributed by atoms with van der Waals surface area (Å²) in [4.78, 5) is 22.4. The zero-order valence-corrected chi connectivity index (χ0v) is 10.2. The highest BCUT2D eigenvalue weighted by molar-refractivity contribution is 5.82. The minimum Gasteiger partial charge on any atom is -0.453 e. The predicted molar refractivity (Wildman–Crippen MR) is 61.4 cm³/mol. The molecule has 0 spiro atoms. The minimum atomic E-state index is -4.54. The smallest absolute Gasteiger partial charge is 0.405 e. The van der Waals surface area contributed by atoms with Crippen molar-refractivity contribution in [3.63, 3.8) is 0 Å². The Morgan fingerprint density at radius 2 is 1.85 bits per heavy atom. The number of ether oxygens (including phenoxy) is 1. The number of carbonyl (C=O) groups is 2. The largest absolute Gasteiger partial charge is 0.453 e. The number of hydrogen-bond acceptors (Lipinski definition) is 4. The van der Waals surface area contributed by atoms with E-state index in [1.165, 1.54) is 17.4 Å². The fraction of sp³-hybridized carbons (Fsp3) is 0.333. The first kappa shape index (κ1) is 16.0. The van der Waals surface area contributed by atoms with Crippen LogP contribution in [-0.2, 0) is 14.3 Å². The van der Waals surface area contributed by atoms with Crippen LogP contribution in [-0.4, -0.2) is 36.3 Å². The van der Waals surface area contributed by atoms with Gasteiger partial charge in [-0.2, -0.15) is 13.2 Å². The van der Waals surface area contributed by atoms with Crippen molar-refractivity contribution in [1.82, 2.24) is 5.32 Å². The van der Waals surface area contributed by atoms with Crippen LogP contribution in [0.2, 0.25) is 0 Å². The molecule has 0 radical (unpaired) electrons. The van der Waals surface area contributed by atoms with Crippen molar-refractivity contribution in [2.24, 2.45) is 0 Å². The van der Waals surface area contributed by atoms with E-state index in [9.17, 15) is 27.9 Å². The molecule has 0 aromatic heterocycles. The van der Waals surface area contributed by atoms with Crippen molar-refractivity contribution < 1.29 is 32.6 Å². The van der Waals surface area contributed by atoms with Crippen molar-refractivity contribution in [2.45, 2.75) is 12.3 Å². The first-order valence-electron chi connectivity index (χ1n) is 5.52. The number of benzene rings is 1. The molecule has 1 aromatic carbocycles. The number of carbonyl (C=O) groups excluding carboxylic acids is 2. The average Bonchev–Trinajstić information content (AvgIpc) is 2.41. The van der Waals surface area contributed by atoms with Gasteiger partial charge in [0.05, 0.1) is 0 Å². The third-order valence-electron chi connectivity index (χ3n) is 2.17. The van der Waals surface area contributed by atoms with Gasteiger partial charge >= 0.3 is 12.1 Å². The Balaban J connectivity index is 2.38. The Morgan fingerprint density at radius 1 is 1.25 bits per heavy atom. The van der Waals surface area contributed by atoms with Crippen molar-refractivity contribution in [3.05, 3.63) is 35.9 Å². The monoisotopic (exact) mass is 291 g/mol. The molecule has 8 heteroatoms. The van der Waals surface area contributed by atoms with Gasteiger partial charge < -0.3 is 15.2 Å². The number of rotatable bonds is 5. The van der Waals surface area contributed by atoms with Crippen molar-refractivity contribution in [2.75, 3.05) is 13.2 Å². The normalized spacial score (nSPS) is 12.6. The van der Waals surface area contributed by atoms with Crippen LogP contribution in [0.25, 0.3) is 0 Å². The van der Waals surface area contributed by atoms with Crippen molar-refractivity contribution >= 4 is 11.9 Å². The van der Waals surface area contributed by atoms with Crippen LogP contribution >= 0.6 is 0 Å². The van der Waals surface area contributed by atoms with Crippen LogP contribution < -0.4 is 5.32 Å². The second kappa shape index (κ2) is 6.90. The molecular weight excluding hydrogens is 279 g/mol. The van der Waals surface area contributed by atoms with E-state index in [1.807, 2.05) is 0 Å². The number of amides is 1. The maximum absolute atomic E-state index is 11.8. The lowest BCUT2D eigenvalue weighted by Crippen LogP contribution is -2.36. The third-order valence-corrected chi connectivity index (χ3v) is 2.17. The zero-order chi connectivity index (χ0) is 15.2. The van der Waals surface area contributed by atoms with Gasteiger partial charge in [-0.3, -0.25) is 4.79 Å². The Labute approximate surface area is 112 Å². The summed E-state index contributed by atoms with van der Waals surface area (Å²) in [5.41, 5.74) is 0.258. The molecule has 0 aliphatic heterocycles. The molecule has 0 unspecified atom stereocenters. The summed E-state index contributed by atoms with van der Waals surface area (Å²) in [5, 5.41) is 11.1. The van der Waals surface area contributed by atoms with E-state index in [0.29, 0.717) is 0 Å². The van der Waals surface area contributed by atoms with E-state index in [0.717, 1.165) is 0 Å². The van der Waals surface area contributed by atoms with Gasteiger partial charge in [-0.25, -0.2) is 4.79 Å². The quantitative estimate of drug-likeness (QED) is 0.792. The Morgan fingerprint density at radius 3 is 2.40 bits per heavy atom. The SMILES string of the molecule is O=C(COC(=O)[C@H](O)c1ccccc1)NCC(F)(F)F. The predicted octanol–water partition coefficient (Wildman–Crippen LogP) is 0.942. The van der Waals surface area contributed by atoms with E-state index < -0.39 is 37.3 Å². The van der Waals surface area contributed by atoms with E-state index in [-0.39, 0.29) is 5.56 Å². The van der Waals surface area contributed by atoms with E-state index >= 15 is 0 Å². The van der Waals surface area contributed by atoms with Gasteiger partial charge in [0, 0.05) is 0 Å². The van der Waals surface area contributed by atoms with Crippen molar-refractivity contribution in [1.29, 1.82) is 0 Å². The summed E-state index contributed by atoms with van der Waals surface area (Å²) in [6.45, 7) is -2.40. The molecule has 0 aliphatic carbocycles. The van der Waals surface area contributed by atoms with Gasteiger partial charge in [-0.05, 0) is 5.56 Å². The number of aliphatic hydroxyl groups is 1. The molecule has 0 aliphatic rings. The van der Waals surface area contributed by atoms with E-state index in [4.69, 9.17) is 0 Å². The van der Waals surface area contributed by atoms with Crippen LogP contribution in [0.1, 0.15) is 11.7 Å². The number of aliphatic hydroxyl groups excluding tert-OH is 1. The second-order valence-corrected chi connectivity index (χ2v) is 3.81. The summed E-state index contributed by atoms with van der Waals surface area (Å²) in [6.07, 6.45) is -6.13. The molecule has 1 amide bonds. The zero-order valence-electron chi connectivity index (χ0n) is 10.2. The first-order chi connectivity index (χ1) is 9.29. The fourth-order valence-electron chi connectivity index (χ4n) is 1.24. The van der Waals surface area contributed by atoms with Crippen LogP contribution in [0.4, 0.5) is 13.2 Å². The molecule has 0 bridgehead atoms. The molecule has 5 nitrogen and oxygen atoms in total. The summed E-state index contributed by atoms with van der Waals surface area (Å²) in [7, 11) is 0. The summed E-state index contributed by atoms with van der Waals surface area (Å²) < 4.78 is 39.8. The molecule has 1 aromatic rings.